The Morgan fingerprint density at radius 2 is 2.18 bits per heavy atom. The van der Waals surface area contributed by atoms with Crippen molar-refractivity contribution in [1.29, 1.82) is 0 Å². The van der Waals surface area contributed by atoms with Gasteiger partial charge in [-0.05, 0) is 46.0 Å². The van der Waals surface area contributed by atoms with Gasteiger partial charge in [-0.15, -0.1) is 0 Å². The highest BCUT2D eigenvalue weighted by Gasteiger charge is 2.45. The predicted molar refractivity (Wildman–Crippen MR) is 82.4 cm³/mol. The lowest BCUT2D eigenvalue weighted by Gasteiger charge is -2.42. The van der Waals surface area contributed by atoms with E-state index in [1.54, 1.807) is 0 Å². The number of rotatable bonds is 3. The van der Waals surface area contributed by atoms with Crippen molar-refractivity contribution >= 4 is 5.91 Å². The fourth-order valence-corrected chi connectivity index (χ4v) is 4.22. The monoisotopic (exact) mass is 306 g/mol. The zero-order chi connectivity index (χ0) is 15.7. The van der Waals surface area contributed by atoms with E-state index < -0.39 is 0 Å². The summed E-state index contributed by atoms with van der Waals surface area (Å²) in [6.45, 7) is 5.37. The molecule has 0 unspecified atom stereocenters. The van der Waals surface area contributed by atoms with Crippen LogP contribution >= 0.6 is 0 Å². The molecule has 5 heteroatoms. The number of nitrogens with zero attached hydrogens (tertiary/aromatic N) is 2. The number of hydrogen-bond donors (Lipinski definition) is 1. The lowest BCUT2D eigenvalue weighted by atomic mass is 9.76. The summed E-state index contributed by atoms with van der Waals surface area (Å²) < 4.78 is 5.16. The van der Waals surface area contributed by atoms with Crippen molar-refractivity contribution in [3.8, 4) is 0 Å². The number of carbonyl (C=O) groups is 1. The zero-order valence-electron chi connectivity index (χ0n) is 13.6. The molecule has 122 valence electrons. The van der Waals surface area contributed by atoms with Crippen LogP contribution in [0, 0.1) is 19.3 Å². The standard InChI is InChI=1S/C17H26N2O3/c1-12-14(13(2)22-18-12)6-7-16(21)19-10-4-9-17(11-19)8-3-5-15(17)20/h15,20H,3-11H2,1-2H3/t15-,17-/m1/s1. The molecule has 3 rings (SSSR count). The van der Waals surface area contributed by atoms with Crippen molar-refractivity contribution in [3.63, 3.8) is 0 Å². The highest BCUT2D eigenvalue weighted by atomic mass is 16.5. The number of aromatic nitrogens is 1. The molecule has 1 spiro atoms. The largest absolute Gasteiger partial charge is 0.392 e. The molecule has 1 aromatic heterocycles. The summed E-state index contributed by atoms with van der Waals surface area (Å²) >= 11 is 0. The van der Waals surface area contributed by atoms with E-state index in [-0.39, 0.29) is 17.4 Å². The molecule has 2 atom stereocenters. The minimum atomic E-state index is -0.231. The van der Waals surface area contributed by atoms with Crippen LogP contribution in [0.25, 0.3) is 0 Å². The van der Waals surface area contributed by atoms with E-state index in [2.05, 4.69) is 5.16 Å². The minimum absolute atomic E-state index is 0.0308. The van der Waals surface area contributed by atoms with Gasteiger partial charge in [0, 0.05) is 30.5 Å². The molecule has 1 aliphatic heterocycles. The van der Waals surface area contributed by atoms with E-state index in [0.29, 0.717) is 12.8 Å². The van der Waals surface area contributed by atoms with Crippen LogP contribution in [-0.2, 0) is 11.2 Å². The smallest absolute Gasteiger partial charge is 0.222 e. The quantitative estimate of drug-likeness (QED) is 0.931. The van der Waals surface area contributed by atoms with E-state index in [4.69, 9.17) is 4.52 Å². The Labute approximate surface area is 131 Å². The molecule has 1 saturated carbocycles. The Morgan fingerprint density at radius 1 is 1.41 bits per heavy atom. The summed E-state index contributed by atoms with van der Waals surface area (Å²) in [6.07, 6.45) is 6.05. The van der Waals surface area contributed by atoms with Crippen molar-refractivity contribution < 1.29 is 14.4 Å². The lowest BCUT2D eigenvalue weighted by molar-refractivity contribution is -0.136. The van der Waals surface area contributed by atoms with Gasteiger partial charge in [0.05, 0.1) is 11.8 Å². The van der Waals surface area contributed by atoms with Crippen molar-refractivity contribution in [2.75, 3.05) is 13.1 Å². The van der Waals surface area contributed by atoms with Crippen LogP contribution in [0.2, 0.25) is 0 Å². The van der Waals surface area contributed by atoms with E-state index in [1.807, 2.05) is 18.7 Å². The van der Waals surface area contributed by atoms with Gasteiger partial charge in [-0.3, -0.25) is 4.79 Å². The molecule has 1 saturated heterocycles. The molecular weight excluding hydrogens is 280 g/mol. The molecule has 2 aliphatic rings. The number of amides is 1. The molecule has 1 aliphatic carbocycles. The van der Waals surface area contributed by atoms with Crippen molar-refractivity contribution in [2.45, 2.75) is 64.9 Å². The molecule has 0 aromatic carbocycles. The van der Waals surface area contributed by atoms with Crippen LogP contribution in [0.4, 0.5) is 0 Å². The van der Waals surface area contributed by atoms with Gasteiger partial charge in [0.1, 0.15) is 5.76 Å². The average molecular weight is 306 g/mol. The third-order valence-corrected chi connectivity index (χ3v) is 5.59. The second-order valence-corrected chi connectivity index (χ2v) is 6.99. The van der Waals surface area contributed by atoms with Crippen molar-refractivity contribution in [3.05, 3.63) is 17.0 Å². The number of aryl methyl sites for hydroxylation is 2. The van der Waals surface area contributed by atoms with Crippen LogP contribution in [0.15, 0.2) is 4.52 Å². The molecule has 1 aromatic rings. The number of piperidine rings is 1. The van der Waals surface area contributed by atoms with E-state index >= 15 is 0 Å². The number of aliphatic hydroxyl groups excluding tert-OH is 1. The Bertz CT molecular complexity index is 535. The van der Waals surface area contributed by atoms with Crippen LogP contribution in [0.3, 0.4) is 0 Å². The second-order valence-electron chi connectivity index (χ2n) is 6.99. The van der Waals surface area contributed by atoms with Gasteiger partial charge in [-0.25, -0.2) is 0 Å². The number of carbonyl (C=O) groups excluding carboxylic acids is 1. The number of hydrogen-bond acceptors (Lipinski definition) is 4. The molecule has 5 nitrogen and oxygen atoms in total. The lowest BCUT2D eigenvalue weighted by Crippen LogP contribution is -2.49. The summed E-state index contributed by atoms with van der Waals surface area (Å²) in [5.74, 6) is 1.00. The van der Waals surface area contributed by atoms with Crippen LogP contribution < -0.4 is 0 Å². The van der Waals surface area contributed by atoms with Gasteiger partial charge in [0.25, 0.3) is 0 Å². The average Bonchev–Trinajstić information content (AvgIpc) is 3.01. The zero-order valence-corrected chi connectivity index (χ0v) is 13.6. The van der Waals surface area contributed by atoms with Crippen LogP contribution in [0.1, 0.15) is 55.5 Å². The van der Waals surface area contributed by atoms with E-state index in [9.17, 15) is 9.90 Å². The molecule has 1 N–H and O–H groups in total. The third-order valence-electron chi connectivity index (χ3n) is 5.59. The molecule has 1 amide bonds. The van der Waals surface area contributed by atoms with Crippen molar-refractivity contribution in [1.82, 2.24) is 10.1 Å². The number of aliphatic hydroxyl groups is 1. The summed E-state index contributed by atoms with van der Waals surface area (Å²) in [4.78, 5) is 14.5. The van der Waals surface area contributed by atoms with E-state index in [1.165, 1.54) is 0 Å². The fraction of sp³-hybridized carbons (Fsp3) is 0.765. The van der Waals surface area contributed by atoms with Gasteiger partial charge < -0.3 is 14.5 Å². The first-order chi connectivity index (χ1) is 10.5. The molecule has 22 heavy (non-hydrogen) atoms. The summed E-state index contributed by atoms with van der Waals surface area (Å²) in [7, 11) is 0. The Hall–Kier alpha value is -1.36. The summed E-state index contributed by atoms with van der Waals surface area (Å²) in [6, 6.07) is 0. The first-order valence-corrected chi connectivity index (χ1v) is 8.39. The SMILES string of the molecule is Cc1noc(C)c1CCC(=O)N1CCC[C@]2(CCC[C@H]2O)C1. The maximum atomic E-state index is 12.6. The summed E-state index contributed by atoms with van der Waals surface area (Å²) in [5, 5.41) is 14.2. The Morgan fingerprint density at radius 3 is 2.82 bits per heavy atom. The predicted octanol–water partition coefficient (Wildman–Crippen LogP) is 2.38. The first kappa shape index (κ1) is 15.5. The van der Waals surface area contributed by atoms with Crippen LogP contribution in [-0.4, -0.2) is 40.3 Å². The first-order valence-electron chi connectivity index (χ1n) is 8.39. The molecule has 0 bridgehead atoms. The fourth-order valence-electron chi connectivity index (χ4n) is 4.22. The number of likely N-dealkylation sites (tertiary alicyclic amines) is 1. The highest BCUT2D eigenvalue weighted by Crippen LogP contribution is 2.45. The highest BCUT2D eigenvalue weighted by molar-refractivity contribution is 5.76. The molecule has 2 heterocycles. The normalized spacial score (nSPS) is 28.5. The maximum absolute atomic E-state index is 12.6. The van der Waals surface area contributed by atoms with Gasteiger partial charge >= 0.3 is 0 Å². The second kappa shape index (κ2) is 6.03. The van der Waals surface area contributed by atoms with Gasteiger partial charge in [0.15, 0.2) is 0 Å². The van der Waals surface area contributed by atoms with Crippen molar-refractivity contribution in [2.24, 2.45) is 5.41 Å². The molecular formula is C17H26N2O3. The van der Waals surface area contributed by atoms with Crippen LogP contribution in [0.5, 0.6) is 0 Å². The van der Waals surface area contributed by atoms with E-state index in [0.717, 1.165) is 62.2 Å². The van der Waals surface area contributed by atoms with Gasteiger partial charge in [0.2, 0.25) is 5.91 Å². The summed E-state index contributed by atoms with van der Waals surface area (Å²) in [5.41, 5.74) is 1.91. The minimum Gasteiger partial charge on any atom is -0.392 e. The molecule has 0 radical (unpaired) electrons. The van der Waals surface area contributed by atoms with Gasteiger partial charge in [-0.1, -0.05) is 11.6 Å². The maximum Gasteiger partial charge on any atom is 0.222 e. The van der Waals surface area contributed by atoms with Gasteiger partial charge in [-0.2, -0.15) is 0 Å². The Balaban J connectivity index is 1.60. The Kier molecular flexibility index (Phi) is 4.26. The third kappa shape index (κ3) is 2.78. The topological polar surface area (TPSA) is 66.6 Å². The molecule has 2 fully saturated rings.